The van der Waals surface area contributed by atoms with Crippen molar-refractivity contribution in [2.24, 2.45) is 17.6 Å². The second-order valence-electron chi connectivity index (χ2n) is 6.16. The molecule has 4 heteroatoms. The Hall–Kier alpha value is -0.220. The molecule has 17 heavy (non-hydrogen) atoms. The summed E-state index contributed by atoms with van der Waals surface area (Å²) in [7, 11) is 0. The first-order chi connectivity index (χ1) is 7.97. The zero-order valence-electron chi connectivity index (χ0n) is 10.3. The molecule has 1 heterocycles. The second-order valence-corrected chi connectivity index (χ2v) is 6.92. The zero-order valence-corrected chi connectivity index (χ0v) is 11.2. The van der Waals surface area contributed by atoms with Crippen LogP contribution in [0.25, 0.3) is 0 Å². The van der Waals surface area contributed by atoms with E-state index >= 15 is 0 Å². The lowest BCUT2D eigenvalue weighted by Gasteiger charge is -2.50. The number of carbonyl (C=O) groups is 1. The first-order valence-electron chi connectivity index (χ1n) is 6.70. The van der Waals surface area contributed by atoms with Crippen molar-refractivity contribution >= 4 is 18.6 Å². The van der Waals surface area contributed by atoms with Gasteiger partial charge in [-0.1, -0.05) is 25.7 Å². The van der Waals surface area contributed by atoms with Crippen molar-refractivity contribution in [3.63, 3.8) is 0 Å². The number of nitrogens with two attached hydrogens (primary N) is 1. The van der Waals surface area contributed by atoms with E-state index < -0.39 is 10.3 Å². The summed E-state index contributed by atoms with van der Waals surface area (Å²) in [5.41, 5.74) is 5.95. The van der Waals surface area contributed by atoms with Crippen molar-refractivity contribution in [2.45, 2.75) is 61.8 Å². The van der Waals surface area contributed by atoms with Crippen LogP contribution in [0, 0.1) is 11.8 Å². The molecule has 0 bridgehead atoms. The maximum Gasteiger partial charge on any atom is 0.324 e. The summed E-state index contributed by atoms with van der Waals surface area (Å²) in [5, 5.41) is 0. The van der Waals surface area contributed by atoms with Gasteiger partial charge < -0.3 is 10.5 Å². The van der Waals surface area contributed by atoms with Gasteiger partial charge >= 0.3 is 5.97 Å². The fraction of sp³-hybridized carbons (Fsp3) is 0.923. The molecule has 2 N–H and O–H groups in total. The highest BCUT2D eigenvalue weighted by molar-refractivity contribution is 7.82. The van der Waals surface area contributed by atoms with E-state index in [9.17, 15) is 4.79 Å². The summed E-state index contributed by atoms with van der Waals surface area (Å²) < 4.78 is 4.63. The molecule has 96 valence electrons. The van der Waals surface area contributed by atoms with Gasteiger partial charge in [0.2, 0.25) is 0 Å². The Kier molecular flexibility index (Phi) is 2.54. The molecule has 0 amide bonds. The number of fused-ring (bicyclic) bond motifs is 2. The van der Waals surface area contributed by atoms with Crippen LogP contribution >= 0.6 is 12.6 Å². The summed E-state index contributed by atoms with van der Waals surface area (Å²) in [6, 6.07) is 0. The SMILES string of the molecule is CC1OC(=O)C2(S)CC3CCCCC3CC12N. The quantitative estimate of drug-likeness (QED) is 0.513. The van der Waals surface area contributed by atoms with Crippen molar-refractivity contribution in [2.75, 3.05) is 0 Å². The van der Waals surface area contributed by atoms with Gasteiger partial charge in [-0.25, -0.2) is 0 Å². The third-order valence-corrected chi connectivity index (χ3v) is 6.12. The van der Waals surface area contributed by atoms with Crippen molar-refractivity contribution in [3.8, 4) is 0 Å². The number of ether oxygens (including phenoxy) is 1. The van der Waals surface area contributed by atoms with Gasteiger partial charge in [0.25, 0.3) is 0 Å². The largest absolute Gasteiger partial charge is 0.460 e. The monoisotopic (exact) mass is 255 g/mol. The Morgan fingerprint density at radius 2 is 1.88 bits per heavy atom. The molecule has 5 unspecified atom stereocenters. The summed E-state index contributed by atoms with van der Waals surface area (Å²) in [6.07, 6.45) is 6.58. The summed E-state index contributed by atoms with van der Waals surface area (Å²) >= 11 is 4.66. The average Bonchev–Trinajstić information content (AvgIpc) is 2.45. The van der Waals surface area contributed by atoms with E-state index in [1.807, 2.05) is 6.92 Å². The predicted octanol–water partition coefficient (Wildman–Crippen LogP) is 1.90. The lowest BCUT2D eigenvalue weighted by Crippen LogP contribution is -2.65. The minimum atomic E-state index is -0.745. The number of hydrogen-bond donors (Lipinski definition) is 2. The maximum atomic E-state index is 12.0. The molecular formula is C13H21NO2S. The fourth-order valence-corrected chi connectivity index (χ4v) is 4.69. The Morgan fingerprint density at radius 1 is 1.29 bits per heavy atom. The van der Waals surface area contributed by atoms with E-state index in [2.05, 4.69) is 12.6 Å². The molecule has 0 aromatic carbocycles. The Balaban J connectivity index is 1.95. The minimum Gasteiger partial charge on any atom is -0.460 e. The number of carbonyl (C=O) groups excluding carboxylic acids is 1. The second kappa shape index (κ2) is 3.64. The lowest BCUT2D eigenvalue weighted by molar-refractivity contribution is -0.143. The predicted molar refractivity (Wildman–Crippen MR) is 68.9 cm³/mol. The van der Waals surface area contributed by atoms with Crippen LogP contribution in [0.3, 0.4) is 0 Å². The molecule has 3 rings (SSSR count). The summed E-state index contributed by atoms with van der Waals surface area (Å²) in [4.78, 5) is 12.0. The lowest BCUT2D eigenvalue weighted by atomic mass is 9.59. The van der Waals surface area contributed by atoms with Crippen LogP contribution in [0.1, 0.15) is 45.4 Å². The van der Waals surface area contributed by atoms with Crippen LogP contribution in [0.4, 0.5) is 0 Å². The molecule has 5 atom stereocenters. The first-order valence-corrected chi connectivity index (χ1v) is 7.14. The molecule has 1 aliphatic heterocycles. The number of esters is 1. The maximum absolute atomic E-state index is 12.0. The third kappa shape index (κ3) is 1.43. The van der Waals surface area contributed by atoms with E-state index in [4.69, 9.17) is 10.5 Å². The van der Waals surface area contributed by atoms with Crippen LogP contribution in [0.5, 0.6) is 0 Å². The van der Waals surface area contributed by atoms with E-state index in [1.165, 1.54) is 25.7 Å². The summed E-state index contributed by atoms with van der Waals surface area (Å²) in [6.45, 7) is 1.92. The smallest absolute Gasteiger partial charge is 0.324 e. The Labute approximate surface area is 108 Å². The van der Waals surface area contributed by atoms with Gasteiger partial charge in [0.05, 0.1) is 5.54 Å². The molecule has 3 aliphatic rings. The topological polar surface area (TPSA) is 52.3 Å². The molecule has 0 aromatic rings. The number of rotatable bonds is 0. The molecule has 0 spiro atoms. The van der Waals surface area contributed by atoms with Crippen LogP contribution < -0.4 is 5.73 Å². The first kappa shape index (κ1) is 11.8. The highest BCUT2D eigenvalue weighted by Gasteiger charge is 2.66. The van der Waals surface area contributed by atoms with Crippen LogP contribution in [-0.2, 0) is 9.53 Å². The summed E-state index contributed by atoms with van der Waals surface area (Å²) in [5.74, 6) is 1.10. The fourth-order valence-electron chi connectivity index (χ4n) is 4.13. The minimum absolute atomic E-state index is 0.195. The van der Waals surface area contributed by atoms with Crippen LogP contribution in [0.2, 0.25) is 0 Å². The molecule has 0 radical (unpaired) electrons. The molecule has 3 fully saturated rings. The Morgan fingerprint density at radius 3 is 2.53 bits per heavy atom. The van der Waals surface area contributed by atoms with Crippen molar-refractivity contribution in [1.82, 2.24) is 0 Å². The average molecular weight is 255 g/mol. The van der Waals surface area contributed by atoms with Gasteiger partial charge in [0, 0.05) is 0 Å². The van der Waals surface area contributed by atoms with Crippen molar-refractivity contribution in [1.29, 1.82) is 0 Å². The van der Waals surface area contributed by atoms with Gasteiger partial charge in [0.15, 0.2) is 0 Å². The number of thiol groups is 1. The molecule has 2 saturated carbocycles. The van der Waals surface area contributed by atoms with Crippen molar-refractivity contribution in [3.05, 3.63) is 0 Å². The standard InChI is InChI=1S/C13H21NO2S/c1-8-12(14)6-9-4-2-3-5-10(9)7-13(12,17)11(15)16-8/h8-10,17H,2-7,14H2,1H3. The molecule has 2 aliphatic carbocycles. The van der Waals surface area contributed by atoms with E-state index in [0.717, 1.165) is 12.8 Å². The van der Waals surface area contributed by atoms with Crippen LogP contribution in [0.15, 0.2) is 0 Å². The van der Waals surface area contributed by atoms with Gasteiger partial charge in [-0.15, -0.1) is 0 Å². The molecular weight excluding hydrogens is 234 g/mol. The van der Waals surface area contributed by atoms with Gasteiger partial charge in [-0.05, 0) is 31.6 Å². The molecule has 3 nitrogen and oxygen atoms in total. The van der Waals surface area contributed by atoms with Gasteiger partial charge in [-0.3, -0.25) is 4.79 Å². The molecule has 1 saturated heterocycles. The van der Waals surface area contributed by atoms with E-state index in [0.29, 0.717) is 11.8 Å². The zero-order chi connectivity index (χ0) is 12.3. The normalized spacial score (nSPS) is 53.8. The van der Waals surface area contributed by atoms with E-state index in [-0.39, 0.29) is 12.1 Å². The number of cyclic esters (lactones) is 1. The Bertz CT molecular complexity index is 361. The third-order valence-electron chi connectivity index (χ3n) is 5.34. The van der Waals surface area contributed by atoms with E-state index in [1.54, 1.807) is 0 Å². The van der Waals surface area contributed by atoms with Gasteiger partial charge in [-0.2, -0.15) is 12.6 Å². The molecule has 0 aromatic heterocycles. The van der Waals surface area contributed by atoms with Crippen molar-refractivity contribution < 1.29 is 9.53 Å². The highest BCUT2D eigenvalue weighted by atomic mass is 32.1. The highest BCUT2D eigenvalue weighted by Crippen LogP contribution is 2.55. The number of hydrogen-bond acceptors (Lipinski definition) is 4. The van der Waals surface area contributed by atoms with Gasteiger partial charge in [0.1, 0.15) is 10.9 Å². The van der Waals surface area contributed by atoms with Crippen LogP contribution in [-0.4, -0.2) is 22.4 Å².